The van der Waals surface area contributed by atoms with E-state index < -0.39 is 42.4 Å². The molecule has 6 N–H and O–H groups in total. The number of halogens is 1. The Bertz CT molecular complexity index is 401. The van der Waals surface area contributed by atoms with Crippen LogP contribution in [0.1, 0.15) is 12.8 Å². The van der Waals surface area contributed by atoms with Crippen LogP contribution in [0.2, 0.25) is 0 Å². The molecule has 9 nitrogen and oxygen atoms in total. The summed E-state index contributed by atoms with van der Waals surface area (Å²) in [6.07, 6.45) is -0.235. The first-order valence-electron chi connectivity index (χ1n) is 6.03. The monoisotopic (exact) mass is 381 g/mol. The van der Waals surface area contributed by atoms with Gasteiger partial charge in [-0.25, -0.2) is 0 Å². The van der Waals surface area contributed by atoms with Crippen LogP contribution in [0.3, 0.4) is 0 Å². The zero-order valence-corrected chi connectivity index (χ0v) is 16.7. The molecule has 0 unspecified atom stereocenters. The Morgan fingerprint density at radius 3 is 2.18 bits per heavy atom. The van der Waals surface area contributed by atoms with E-state index in [1.807, 2.05) is 0 Å². The maximum atomic E-state index is 11.5. The van der Waals surface area contributed by atoms with Gasteiger partial charge in [-0.1, -0.05) is 0 Å². The van der Waals surface area contributed by atoms with Gasteiger partial charge in [0.1, 0.15) is 18.6 Å². The van der Waals surface area contributed by atoms with Crippen LogP contribution in [0.4, 0.5) is 0 Å². The summed E-state index contributed by atoms with van der Waals surface area (Å²) < 4.78 is 4.83. The number of nitrogens with two attached hydrogens (primary N) is 1. The molecule has 0 spiro atoms. The molecule has 0 aromatic rings. The van der Waals surface area contributed by atoms with Crippen LogP contribution in [0.25, 0.3) is 0 Å². The van der Waals surface area contributed by atoms with Crippen molar-refractivity contribution in [1.29, 1.82) is 0 Å². The minimum absolute atomic E-state index is 0.0256. The van der Waals surface area contributed by atoms with E-state index in [-0.39, 0.29) is 18.6 Å². The first kappa shape index (κ1) is 24.4. The molecule has 0 heterocycles. The van der Waals surface area contributed by atoms with Crippen molar-refractivity contribution < 1.29 is 29.4 Å². The Morgan fingerprint density at radius 2 is 1.77 bits per heavy atom. The van der Waals surface area contributed by atoms with Gasteiger partial charge < -0.3 is 26.6 Å². The number of carboxylic acid groups (broad SMARTS) is 2. The van der Waals surface area contributed by atoms with Gasteiger partial charge >= 0.3 is 62.8 Å². The third-order valence-electron chi connectivity index (χ3n) is 2.25. The summed E-state index contributed by atoms with van der Waals surface area (Å²) in [6.45, 7) is -0.567. The quantitative estimate of drug-likeness (QED) is 0.201. The van der Waals surface area contributed by atoms with Crippen molar-refractivity contribution in [3.63, 3.8) is 0 Å². The molecule has 0 saturated carbocycles. The van der Waals surface area contributed by atoms with Crippen molar-refractivity contribution in [2.24, 2.45) is 5.73 Å². The summed E-state index contributed by atoms with van der Waals surface area (Å²) in [5, 5.41) is 21.4. The molecule has 0 rings (SSSR count). The minimum atomic E-state index is -1.22. The van der Waals surface area contributed by atoms with Crippen LogP contribution in [-0.4, -0.2) is 105 Å². The van der Waals surface area contributed by atoms with Gasteiger partial charge in [0.05, 0.1) is 0 Å². The zero-order chi connectivity index (χ0) is 17.7. The molecular formula is C10H17ClKN3O6S. The van der Waals surface area contributed by atoms with Gasteiger partial charge in [0, 0.05) is 12.2 Å². The van der Waals surface area contributed by atoms with Crippen LogP contribution in [0, 0.1) is 0 Å². The van der Waals surface area contributed by atoms with E-state index in [4.69, 9.17) is 19.7 Å². The zero-order valence-electron chi connectivity index (χ0n) is 11.9. The number of rotatable bonds is 9. The number of hydrogen-bond acceptors (Lipinski definition) is 6. The second-order valence-electron chi connectivity index (χ2n) is 3.90. The Kier molecular flexibility index (Phi) is 16.3. The van der Waals surface area contributed by atoms with E-state index in [1.54, 1.807) is 0 Å². The average molecular weight is 382 g/mol. The molecule has 0 aromatic carbocycles. The standard InChI is InChI=1S/C10H17N3O6S.ClH.K/c11-5(10(18)19)1-2-7(14)13-6(4-20)9(17)12-3-8(15)16;;/h5-6,20H,1-4,11H2,(H,12,17)(H,13,14)(H,15,16)(H,18,19);1H;/q;;+1/p-1/t5-,6-;;/m0../s1. The Morgan fingerprint density at radius 1 is 1.23 bits per heavy atom. The molecule has 12 heteroatoms. The van der Waals surface area contributed by atoms with Gasteiger partial charge in [-0.3, -0.25) is 19.2 Å². The first-order valence-corrected chi connectivity index (χ1v) is 11.0. The van der Waals surface area contributed by atoms with Gasteiger partial charge in [-0.15, -0.1) is 0 Å². The van der Waals surface area contributed by atoms with Crippen molar-refractivity contribution in [2.45, 2.75) is 24.9 Å². The van der Waals surface area contributed by atoms with Crippen molar-refractivity contribution in [3.05, 3.63) is 0 Å². The van der Waals surface area contributed by atoms with Gasteiger partial charge in [0.25, 0.3) is 0 Å². The number of aliphatic carboxylic acids is 2. The molecule has 2 atom stereocenters. The van der Waals surface area contributed by atoms with E-state index in [0.29, 0.717) is 47.1 Å². The van der Waals surface area contributed by atoms with E-state index in [0.717, 1.165) is 0 Å². The number of carboxylic acids is 2. The molecule has 2 amide bonds. The van der Waals surface area contributed by atoms with Crippen molar-refractivity contribution >= 4 is 87.3 Å². The second kappa shape index (κ2) is 14.7. The Balaban J connectivity index is 0. The fraction of sp³-hybridized carbons (Fsp3) is 0.600. The van der Waals surface area contributed by atoms with Crippen molar-refractivity contribution in [1.82, 2.24) is 10.6 Å². The molecule has 0 aliphatic heterocycles. The van der Waals surface area contributed by atoms with Crippen LogP contribution < -0.4 is 16.4 Å². The average Bonchev–Trinajstić information content (AvgIpc) is 2.49. The van der Waals surface area contributed by atoms with Gasteiger partial charge in [0.15, 0.2) is 0 Å². The van der Waals surface area contributed by atoms with Gasteiger partial charge in [0.2, 0.25) is 11.8 Å². The fourth-order valence-electron chi connectivity index (χ4n) is 1.16. The molecule has 0 fully saturated rings. The van der Waals surface area contributed by atoms with E-state index in [2.05, 4.69) is 23.3 Å². The summed E-state index contributed by atoms with van der Waals surface area (Å²) in [7, 11) is 0. The van der Waals surface area contributed by atoms with Crippen molar-refractivity contribution in [3.8, 4) is 0 Å². The Labute approximate surface area is 168 Å². The number of carbonyl (C=O) groups is 4. The molecule has 0 aromatic heterocycles. The second-order valence-corrected chi connectivity index (χ2v) is 4.26. The topological polar surface area (TPSA) is 159 Å². The predicted octanol–water partition coefficient (Wildman–Crippen LogP) is -1.90. The third kappa shape index (κ3) is 12.6. The summed E-state index contributed by atoms with van der Waals surface area (Å²) in [6, 6.07) is -2.15. The summed E-state index contributed by atoms with van der Waals surface area (Å²) in [5.74, 6) is -3.70. The van der Waals surface area contributed by atoms with Crippen LogP contribution in [0.5, 0.6) is 0 Å². The number of nitrogens with one attached hydrogen (secondary N) is 2. The van der Waals surface area contributed by atoms with Gasteiger partial charge in [-0.2, -0.15) is 12.6 Å². The number of carbonyl (C=O) groups excluding carboxylic acids is 2. The summed E-state index contributed by atoms with van der Waals surface area (Å²) in [4.78, 5) is 43.7. The number of amides is 2. The number of thiol groups is 1. The molecule has 0 saturated heterocycles. The maximum absolute atomic E-state index is 11.5. The van der Waals surface area contributed by atoms with Crippen LogP contribution in [0.15, 0.2) is 0 Å². The third-order valence-corrected chi connectivity index (χ3v) is 2.61. The van der Waals surface area contributed by atoms with E-state index in [9.17, 15) is 19.2 Å². The van der Waals surface area contributed by atoms with E-state index >= 15 is 0 Å². The molecule has 0 bridgehead atoms. The van der Waals surface area contributed by atoms with E-state index in [1.165, 1.54) is 0 Å². The fourth-order valence-corrected chi connectivity index (χ4v) is 1.41. The normalized spacial score (nSPS) is 12.2. The Hall–Kier alpha value is 0.116. The summed E-state index contributed by atoms with van der Waals surface area (Å²) >= 11 is 4.41. The van der Waals surface area contributed by atoms with Gasteiger partial charge in [-0.05, 0) is 6.42 Å². The molecule has 0 radical (unpaired) electrons. The SMILES string of the molecule is N[C@@H](CCC(=O)N[C@@H](CS)C(=O)NCC(=O)O)C(=O)O.[Cl][K]. The first-order chi connectivity index (χ1) is 10.3. The summed E-state index contributed by atoms with van der Waals surface area (Å²) in [5.41, 5.74) is 5.23. The van der Waals surface area contributed by atoms with Crippen LogP contribution >= 0.6 is 16.4 Å². The van der Waals surface area contributed by atoms with Crippen molar-refractivity contribution in [2.75, 3.05) is 12.3 Å². The van der Waals surface area contributed by atoms with Crippen LogP contribution in [-0.2, 0) is 19.2 Å². The predicted molar refractivity (Wildman–Crippen MR) is 82.9 cm³/mol. The molecule has 0 aliphatic carbocycles. The number of hydrogen-bond donors (Lipinski definition) is 6. The molecule has 122 valence electrons. The molecule has 0 aliphatic rings. The molecule has 22 heavy (non-hydrogen) atoms. The molecular weight excluding hydrogens is 365 g/mol.